The van der Waals surface area contributed by atoms with Crippen LogP contribution >= 0.6 is 11.3 Å². The van der Waals surface area contributed by atoms with Gasteiger partial charge in [0, 0.05) is 0 Å². The van der Waals surface area contributed by atoms with E-state index in [1.807, 2.05) is 0 Å². The van der Waals surface area contributed by atoms with Crippen molar-refractivity contribution < 1.29 is 0 Å². The zero-order valence-electron chi connectivity index (χ0n) is 10.2. The van der Waals surface area contributed by atoms with E-state index in [1.54, 1.807) is 11.3 Å². The summed E-state index contributed by atoms with van der Waals surface area (Å²) in [5, 5.41) is 4.38. The van der Waals surface area contributed by atoms with Crippen LogP contribution in [-0.2, 0) is 6.42 Å². The van der Waals surface area contributed by atoms with E-state index in [0.717, 1.165) is 6.42 Å². The monoisotopic (exact) mass is 230 g/mol. The van der Waals surface area contributed by atoms with Crippen molar-refractivity contribution in [1.29, 1.82) is 0 Å². The van der Waals surface area contributed by atoms with Gasteiger partial charge < -0.3 is 0 Å². The molecule has 1 aromatic heterocycles. The standard InChI is InChI=1S/C15H18S/c1-11(2)8-13-5-4-12(3)9-15(13)14-6-7-16-10-14/h4-7,9-11H,8H2,1-3H3. The van der Waals surface area contributed by atoms with E-state index < -0.39 is 0 Å². The molecule has 0 aliphatic rings. The van der Waals surface area contributed by atoms with E-state index in [4.69, 9.17) is 0 Å². The van der Waals surface area contributed by atoms with Crippen LogP contribution in [0, 0.1) is 12.8 Å². The molecule has 0 fully saturated rings. The molecular weight excluding hydrogens is 212 g/mol. The summed E-state index contributed by atoms with van der Waals surface area (Å²) >= 11 is 1.77. The van der Waals surface area contributed by atoms with Crippen LogP contribution in [-0.4, -0.2) is 0 Å². The summed E-state index contributed by atoms with van der Waals surface area (Å²) in [6, 6.07) is 9.01. The second kappa shape index (κ2) is 4.84. The van der Waals surface area contributed by atoms with Gasteiger partial charge in [0.15, 0.2) is 0 Å². The summed E-state index contributed by atoms with van der Waals surface area (Å²) in [6.45, 7) is 6.71. The van der Waals surface area contributed by atoms with Gasteiger partial charge in [0.25, 0.3) is 0 Å². The van der Waals surface area contributed by atoms with Crippen molar-refractivity contribution in [2.45, 2.75) is 27.2 Å². The molecule has 0 N–H and O–H groups in total. The van der Waals surface area contributed by atoms with Crippen molar-refractivity contribution in [2.24, 2.45) is 5.92 Å². The average molecular weight is 230 g/mol. The lowest BCUT2D eigenvalue weighted by Crippen LogP contribution is -1.96. The molecule has 1 aromatic carbocycles. The molecule has 1 heterocycles. The first-order valence-electron chi connectivity index (χ1n) is 5.79. The Morgan fingerprint density at radius 3 is 2.62 bits per heavy atom. The molecule has 0 saturated carbocycles. The molecule has 1 heteroatoms. The van der Waals surface area contributed by atoms with Crippen LogP contribution in [0.5, 0.6) is 0 Å². The molecule has 0 spiro atoms. The zero-order valence-corrected chi connectivity index (χ0v) is 11.0. The molecule has 0 atom stereocenters. The summed E-state index contributed by atoms with van der Waals surface area (Å²) in [7, 11) is 0. The largest absolute Gasteiger partial charge is 0.152 e. The molecule has 0 aliphatic carbocycles. The van der Waals surface area contributed by atoms with Crippen LogP contribution in [0.3, 0.4) is 0 Å². The minimum absolute atomic E-state index is 0.708. The summed E-state index contributed by atoms with van der Waals surface area (Å²) in [5.74, 6) is 0.708. The van der Waals surface area contributed by atoms with E-state index in [9.17, 15) is 0 Å². The van der Waals surface area contributed by atoms with Gasteiger partial charge in [-0.25, -0.2) is 0 Å². The average Bonchev–Trinajstić information content (AvgIpc) is 2.73. The van der Waals surface area contributed by atoms with E-state index in [-0.39, 0.29) is 0 Å². The second-order valence-electron chi connectivity index (χ2n) is 4.77. The van der Waals surface area contributed by atoms with Gasteiger partial charge in [0.2, 0.25) is 0 Å². The van der Waals surface area contributed by atoms with E-state index in [1.165, 1.54) is 22.3 Å². The number of benzene rings is 1. The van der Waals surface area contributed by atoms with Crippen LogP contribution in [0.4, 0.5) is 0 Å². The molecule has 0 nitrogen and oxygen atoms in total. The highest BCUT2D eigenvalue weighted by Crippen LogP contribution is 2.28. The fraction of sp³-hybridized carbons (Fsp3) is 0.333. The van der Waals surface area contributed by atoms with Gasteiger partial charge in [0.05, 0.1) is 0 Å². The van der Waals surface area contributed by atoms with E-state index in [0.29, 0.717) is 5.92 Å². The molecular formula is C15H18S. The Labute approximate surface area is 102 Å². The van der Waals surface area contributed by atoms with Crippen molar-refractivity contribution in [1.82, 2.24) is 0 Å². The van der Waals surface area contributed by atoms with Crippen LogP contribution in [0.2, 0.25) is 0 Å². The normalized spacial score (nSPS) is 11.0. The second-order valence-corrected chi connectivity index (χ2v) is 5.55. The molecule has 0 saturated heterocycles. The van der Waals surface area contributed by atoms with Crippen molar-refractivity contribution in [3.05, 3.63) is 46.2 Å². The summed E-state index contributed by atoms with van der Waals surface area (Å²) in [5.41, 5.74) is 5.59. The number of rotatable bonds is 3. The predicted octanol–water partition coefficient (Wildman–Crippen LogP) is 4.92. The van der Waals surface area contributed by atoms with E-state index in [2.05, 4.69) is 55.8 Å². The number of aryl methyl sites for hydroxylation is 1. The number of thiophene rings is 1. The molecule has 84 valence electrons. The molecule has 0 radical (unpaired) electrons. The van der Waals surface area contributed by atoms with Crippen LogP contribution < -0.4 is 0 Å². The number of hydrogen-bond acceptors (Lipinski definition) is 1. The Bertz CT molecular complexity index is 452. The van der Waals surface area contributed by atoms with Crippen LogP contribution in [0.15, 0.2) is 35.0 Å². The quantitative estimate of drug-likeness (QED) is 0.702. The Balaban J connectivity index is 2.45. The third-order valence-corrected chi connectivity index (χ3v) is 3.41. The topological polar surface area (TPSA) is 0 Å². The molecule has 2 aromatic rings. The van der Waals surface area contributed by atoms with Gasteiger partial charge in [-0.05, 0) is 52.8 Å². The highest BCUT2D eigenvalue weighted by molar-refractivity contribution is 7.08. The van der Waals surface area contributed by atoms with Gasteiger partial charge in [-0.15, -0.1) is 0 Å². The first-order valence-corrected chi connectivity index (χ1v) is 6.73. The van der Waals surface area contributed by atoms with Crippen LogP contribution in [0.25, 0.3) is 11.1 Å². The predicted molar refractivity (Wildman–Crippen MR) is 73.0 cm³/mol. The maximum absolute atomic E-state index is 2.31. The summed E-state index contributed by atoms with van der Waals surface area (Å²) in [6.07, 6.45) is 1.16. The zero-order chi connectivity index (χ0) is 11.5. The Morgan fingerprint density at radius 1 is 1.19 bits per heavy atom. The van der Waals surface area contributed by atoms with Gasteiger partial charge in [-0.1, -0.05) is 37.6 Å². The Kier molecular flexibility index (Phi) is 3.45. The molecule has 0 unspecified atom stereocenters. The highest BCUT2D eigenvalue weighted by Gasteiger charge is 2.07. The van der Waals surface area contributed by atoms with Crippen molar-refractivity contribution >= 4 is 11.3 Å². The third-order valence-electron chi connectivity index (χ3n) is 2.73. The highest BCUT2D eigenvalue weighted by atomic mass is 32.1. The van der Waals surface area contributed by atoms with Gasteiger partial charge in [-0.2, -0.15) is 11.3 Å². The molecule has 16 heavy (non-hydrogen) atoms. The Morgan fingerprint density at radius 2 is 2.00 bits per heavy atom. The molecule has 2 rings (SSSR count). The first-order chi connectivity index (χ1) is 7.66. The van der Waals surface area contributed by atoms with Gasteiger partial charge in [-0.3, -0.25) is 0 Å². The lowest BCUT2D eigenvalue weighted by Gasteiger charge is -2.11. The fourth-order valence-corrected chi connectivity index (χ4v) is 2.65. The Hall–Kier alpha value is -1.08. The minimum atomic E-state index is 0.708. The van der Waals surface area contributed by atoms with Crippen molar-refractivity contribution in [2.75, 3.05) is 0 Å². The van der Waals surface area contributed by atoms with Gasteiger partial charge in [0.1, 0.15) is 0 Å². The summed E-state index contributed by atoms with van der Waals surface area (Å²) in [4.78, 5) is 0. The SMILES string of the molecule is Cc1ccc(CC(C)C)c(-c2ccsc2)c1. The fourth-order valence-electron chi connectivity index (χ4n) is 1.99. The lowest BCUT2D eigenvalue weighted by atomic mass is 9.93. The lowest BCUT2D eigenvalue weighted by molar-refractivity contribution is 0.648. The van der Waals surface area contributed by atoms with Crippen LogP contribution in [0.1, 0.15) is 25.0 Å². The number of hydrogen-bond donors (Lipinski definition) is 0. The van der Waals surface area contributed by atoms with Crippen molar-refractivity contribution in [3.8, 4) is 11.1 Å². The van der Waals surface area contributed by atoms with E-state index >= 15 is 0 Å². The maximum Gasteiger partial charge on any atom is -0.00146 e. The molecule has 0 aliphatic heterocycles. The van der Waals surface area contributed by atoms with Gasteiger partial charge >= 0.3 is 0 Å². The third kappa shape index (κ3) is 2.53. The minimum Gasteiger partial charge on any atom is -0.152 e. The summed E-state index contributed by atoms with van der Waals surface area (Å²) < 4.78 is 0. The smallest absolute Gasteiger partial charge is 0.00146 e. The maximum atomic E-state index is 2.31. The molecule has 0 bridgehead atoms. The molecule has 0 amide bonds. The first kappa shape index (κ1) is 11.4. The van der Waals surface area contributed by atoms with Crippen molar-refractivity contribution in [3.63, 3.8) is 0 Å².